The van der Waals surface area contributed by atoms with Crippen LogP contribution in [0.2, 0.25) is 0 Å². The number of hydrogen-bond acceptors (Lipinski definition) is 4. The Morgan fingerprint density at radius 3 is 3.11 bits per heavy atom. The SMILES string of the molecule is N#CC1CCCC1NC1COc2cc(O)ccc21. The highest BCUT2D eigenvalue weighted by molar-refractivity contribution is 5.44. The third-order valence-electron chi connectivity index (χ3n) is 3.88. The number of benzene rings is 1. The van der Waals surface area contributed by atoms with Crippen LogP contribution < -0.4 is 10.1 Å². The van der Waals surface area contributed by atoms with Crippen molar-refractivity contribution in [2.45, 2.75) is 31.3 Å². The maximum atomic E-state index is 9.40. The van der Waals surface area contributed by atoms with E-state index in [1.165, 1.54) is 0 Å². The molecule has 1 aromatic rings. The normalized spacial score (nSPS) is 29.6. The minimum Gasteiger partial charge on any atom is -0.508 e. The second-order valence-corrected chi connectivity index (χ2v) is 5.03. The summed E-state index contributed by atoms with van der Waals surface area (Å²) in [5, 5.41) is 22.0. The molecule has 1 aliphatic heterocycles. The zero-order valence-electron chi connectivity index (χ0n) is 10.1. The van der Waals surface area contributed by atoms with E-state index in [1.807, 2.05) is 6.07 Å². The van der Waals surface area contributed by atoms with Gasteiger partial charge in [-0.25, -0.2) is 0 Å². The number of fused-ring (bicyclic) bond motifs is 1. The Labute approximate surface area is 106 Å². The third-order valence-corrected chi connectivity index (χ3v) is 3.88. The highest BCUT2D eigenvalue weighted by Gasteiger charge is 2.32. The fourth-order valence-corrected chi connectivity index (χ4v) is 2.91. The number of nitrogens with zero attached hydrogens (tertiary/aromatic N) is 1. The fourth-order valence-electron chi connectivity index (χ4n) is 2.91. The zero-order valence-corrected chi connectivity index (χ0v) is 10.1. The molecule has 0 spiro atoms. The predicted molar refractivity (Wildman–Crippen MR) is 66.2 cm³/mol. The van der Waals surface area contributed by atoms with Crippen LogP contribution in [0.25, 0.3) is 0 Å². The van der Waals surface area contributed by atoms with E-state index in [-0.39, 0.29) is 23.8 Å². The Balaban J connectivity index is 1.75. The Hall–Kier alpha value is -1.73. The average molecular weight is 244 g/mol. The lowest BCUT2D eigenvalue weighted by molar-refractivity contribution is 0.289. The first kappa shape index (κ1) is 11.4. The van der Waals surface area contributed by atoms with Gasteiger partial charge in [-0.05, 0) is 25.0 Å². The number of rotatable bonds is 2. The topological polar surface area (TPSA) is 65.3 Å². The van der Waals surface area contributed by atoms with Crippen LogP contribution in [0.5, 0.6) is 11.5 Å². The lowest BCUT2D eigenvalue weighted by Crippen LogP contribution is -2.35. The van der Waals surface area contributed by atoms with E-state index in [0.29, 0.717) is 6.61 Å². The fraction of sp³-hybridized carbons (Fsp3) is 0.500. The second kappa shape index (κ2) is 4.51. The zero-order chi connectivity index (χ0) is 12.5. The molecule has 3 unspecified atom stereocenters. The molecule has 0 amide bonds. The van der Waals surface area contributed by atoms with Gasteiger partial charge in [0.05, 0.1) is 18.0 Å². The number of aromatic hydroxyl groups is 1. The highest BCUT2D eigenvalue weighted by atomic mass is 16.5. The number of ether oxygens (including phenoxy) is 1. The minimum atomic E-state index is 0.117. The molecule has 0 aromatic heterocycles. The van der Waals surface area contributed by atoms with E-state index in [0.717, 1.165) is 30.6 Å². The van der Waals surface area contributed by atoms with E-state index in [9.17, 15) is 5.11 Å². The van der Waals surface area contributed by atoms with Crippen LogP contribution in [0.15, 0.2) is 18.2 Å². The van der Waals surface area contributed by atoms with Crippen molar-refractivity contribution in [1.29, 1.82) is 5.26 Å². The van der Waals surface area contributed by atoms with Gasteiger partial charge in [0.2, 0.25) is 0 Å². The van der Waals surface area contributed by atoms with E-state index in [1.54, 1.807) is 12.1 Å². The van der Waals surface area contributed by atoms with Gasteiger partial charge in [0.1, 0.15) is 18.1 Å². The summed E-state index contributed by atoms with van der Waals surface area (Å²) in [5.41, 5.74) is 1.08. The molecule has 1 aliphatic carbocycles. The molecule has 2 N–H and O–H groups in total. The maximum Gasteiger partial charge on any atom is 0.127 e. The summed E-state index contributed by atoms with van der Waals surface area (Å²) >= 11 is 0. The van der Waals surface area contributed by atoms with Crippen LogP contribution in [0.4, 0.5) is 0 Å². The molecular weight excluding hydrogens is 228 g/mol. The van der Waals surface area contributed by atoms with E-state index >= 15 is 0 Å². The van der Waals surface area contributed by atoms with Crippen LogP contribution in [0.3, 0.4) is 0 Å². The molecule has 4 nitrogen and oxygen atoms in total. The maximum absolute atomic E-state index is 9.40. The Morgan fingerprint density at radius 1 is 1.39 bits per heavy atom. The Bertz CT molecular complexity index is 495. The van der Waals surface area contributed by atoms with Crippen molar-refractivity contribution in [3.05, 3.63) is 23.8 Å². The van der Waals surface area contributed by atoms with Gasteiger partial charge in [0.25, 0.3) is 0 Å². The first-order chi connectivity index (χ1) is 8.78. The molecule has 3 atom stereocenters. The lowest BCUT2D eigenvalue weighted by Gasteiger charge is -2.20. The molecule has 0 bridgehead atoms. The van der Waals surface area contributed by atoms with Crippen molar-refractivity contribution in [2.24, 2.45) is 5.92 Å². The number of nitrogens with one attached hydrogen (secondary N) is 1. The Morgan fingerprint density at radius 2 is 2.28 bits per heavy atom. The summed E-state index contributed by atoms with van der Waals surface area (Å²) in [5.74, 6) is 1.09. The van der Waals surface area contributed by atoms with Crippen molar-refractivity contribution >= 4 is 0 Å². The minimum absolute atomic E-state index is 0.117. The molecule has 3 rings (SSSR count). The summed E-state index contributed by atoms with van der Waals surface area (Å²) in [6, 6.07) is 8.00. The van der Waals surface area contributed by atoms with Crippen molar-refractivity contribution in [3.63, 3.8) is 0 Å². The van der Waals surface area contributed by atoms with Crippen molar-refractivity contribution in [2.75, 3.05) is 6.61 Å². The van der Waals surface area contributed by atoms with Crippen molar-refractivity contribution < 1.29 is 9.84 Å². The van der Waals surface area contributed by atoms with Gasteiger partial charge in [-0.1, -0.05) is 6.42 Å². The second-order valence-electron chi connectivity index (χ2n) is 5.03. The molecule has 0 radical (unpaired) electrons. The summed E-state index contributed by atoms with van der Waals surface area (Å²) < 4.78 is 5.57. The first-order valence-electron chi connectivity index (χ1n) is 6.39. The predicted octanol–water partition coefficient (Wildman–Crippen LogP) is 2.11. The van der Waals surface area contributed by atoms with E-state index < -0.39 is 0 Å². The molecule has 0 saturated heterocycles. The third kappa shape index (κ3) is 1.91. The van der Waals surface area contributed by atoms with Gasteiger partial charge in [-0.3, -0.25) is 0 Å². The van der Waals surface area contributed by atoms with Crippen LogP contribution in [0, 0.1) is 17.2 Å². The first-order valence-corrected chi connectivity index (χ1v) is 6.39. The van der Waals surface area contributed by atoms with Gasteiger partial charge in [0, 0.05) is 17.7 Å². The van der Waals surface area contributed by atoms with Crippen LogP contribution in [-0.4, -0.2) is 17.8 Å². The molecule has 94 valence electrons. The van der Waals surface area contributed by atoms with Crippen molar-refractivity contribution in [3.8, 4) is 17.6 Å². The highest BCUT2D eigenvalue weighted by Crippen LogP contribution is 2.36. The summed E-state index contributed by atoms with van der Waals surface area (Å²) in [6.07, 6.45) is 3.16. The smallest absolute Gasteiger partial charge is 0.127 e. The van der Waals surface area contributed by atoms with Gasteiger partial charge in [-0.2, -0.15) is 5.26 Å². The van der Waals surface area contributed by atoms with Gasteiger partial charge in [-0.15, -0.1) is 0 Å². The molecule has 1 fully saturated rings. The molecular formula is C14H16N2O2. The monoisotopic (exact) mass is 244 g/mol. The number of phenols is 1. The number of hydrogen-bond donors (Lipinski definition) is 2. The van der Waals surface area contributed by atoms with Crippen LogP contribution >= 0.6 is 0 Å². The van der Waals surface area contributed by atoms with Gasteiger partial charge in [0.15, 0.2) is 0 Å². The van der Waals surface area contributed by atoms with E-state index in [4.69, 9.17) is 10.00 Å². The molecule has 1 saturated carbocycles. The van der Waals surface area contributed by atoms with Crippen LogP contribution in [0.1, 0.15) is 30.9 Å². The van der Waals surface area contributed by atoms with E-state index in [2.05, 4.69) is 11.4 Å². The summed E-state index contributed by atoms with van der Waals surface area (Å²) in [7, 11) is 0. The number of phenolic OH excluding ortho intramolecular Hbond substituents is 1. The van der Waals surface area contributed by atoms with Gasteiger partial charge >= 0.3 is 0 Å². The average Bonchev–Trinajstić information content (AvgIpc) is 2.96. The van der Waals surface area contributed by atoms with Crippen LogP contribution in [-0.2, 0) is 0 Å². The molecule has 1 aromatic carbocycles. The molecule has 4 heteroatoms. The quantitative estimate of drug-likeness (QED) is 0.836. The summed E-state index contributed by atoms with van der Waals surface area (Å²) in [6.45, 7) is 0.577. The lowest BCUT2D eigenvalue weighted by atomic mass is 10.0. The summed E-state index contributed by atoms with van der Waals surface area (Å²) in [4.78, 5) is 0. The molecule has 1 heterocycles. The standard InChI is InChI=1S/C14H16N2O2/c15-7-9-2-1-3-12(9)16-13-8-18-14-6-10(17)4-5-11(13)14/h4-6,9,12-13,16-17H,1-3,8H2. The Kier molecular flexibility index (Phi) is 2.85. The molecule has 2 aliphatic rings. The van der Waals surface area contributed by atoms with Crippen molar-refractivity contribution in [1.82, 2.24) is 5.32 Å². The van der Waals surface area contributed by atoms with Gasteiger partial charge < -0.3 is 15.2 Å². The number of nitriles is 1. The molecule has 18 heavy (non-hydrogen) atoms. The largest absolute Gasteiger partial charge is 0.508 e.